The number of hydrogen-bond acceptors (Lipinski definition) is 6. The van der Waals surface area contributed by atoms with Gasteiger partial charge in [0.1, 0.15) is 18.3 Å². The van der Waals surface area contributed by atoms with Crippen molar-refractivity contribution in [1.29, 1.82) is 0 Å². The van der Waals surface area contributed by atoms with Crippen molar-refractivity contribution in [2.75, 3.05) is 13.2 Å². The molecule has 2 amide bonds. The number of unbranched alkanes of at least 4 members (excludes halogenated alkanes) is 1. The van der Waals surface area contributed by atoms with Gasteiger partial charge in [-0.25, -0.2) is 9.69 Å². The van der Waals surface area contributed by atoms with Crippen LogP contribution in [0.1, 0.15) is 47.2 Å². The van der Waals surface area contributed by atoms with Gasteiger partial charge in [0.2, 0.25) is 11.7 Å². The number of aliphatic hydroxyl groups is 1. The molecule has 2 heterocycles. The molecule has 1 aromatic heterocycles. The average molecular weight is 490 g/mol. The number of hydrogen-bond donors (Lipinski definition) is 1. The number of aryl methyl sites for hydroxylation is 2. The highest BCUT2D eigenvalue weighted by atomic mass is 16.6. The Morgan fingerprint density at radius 1 is 1.08 bits per heavy atom. The van der Waals surface area contributed by atoms with E-state index in [0.717, 1.165) is 27.2 Å². The Kier molecular flexibility index (Phi) is 8.00. The number of benzene rings is 2. The van der Waals surface area contributed by atoms with Crippen LogP contribution in [0.25, 0.3) is 11.1 Å². The van der Waals surface area contributed by atoms with Crippen LogP contribution >= 0.6 is 0 Å². The molecule has 7 nitrogen and oxygen atoms in total. The van der Waals surface area contributed by atoms with Crippen molar-refractivity contribution in [3.8, 4) is 11.1 Å². The van der Waals surface area contributed by atoms with E-state index in [1.54, 1.807) is 6.07 Å². The van der Waals surface area contributed by atoms with Gasteiger partial charge < -0.3 is 14.3 Å². The molecule has 36 heavy (non-hydrogen) atoms. The number of ketones is 1. The molecule has 7 heteroatoms. The lowest BCUT2D eigenvalue weighted by Crippen LogP contribution is -2.44. The van der Waals surface area contributed by atoms with E-state index in [1.165, 1.54) is 6.92 Å². The molecule has 0 radical (unpaired) electrons. The summed E-state index contributed by atoms with van der Waals surface area (Å²) in [6.07, 6.45) is 1.59. The van der Waals surface area contributed by atoms with E-state index < -0.39 is 29.7 Å². The summed E-state index contributed by atoms with van der Waals surface area (Å²) in [4.78, 5) is 40.2. The predicted molar refractivity (Wildman–Crippen MR) is 135 cm³/mol. The van der Waals surface area contributed by atoms with Gasteiger partial charge in [-0.05, 0) is 50.3 Å². The van der Waals surface area contributed by atoms with E-state index in [1.807, 2.05) is 61.5 Å². The van der Waals surface area contributed by atoms with Gasteiger partial charge in [0.15, 0.2) is 5.76 Å². The molecular weight excluding hydrogens is 458 g/mol. The summed E-state index contributed by atoms with van der Waals surface area (Å²) < 4.78 is 11.1. The zero-order chi connectivity index (χ0) is 25.7. The van der Waals surface area contributed by atoms with Gasteiger partial charge in [-0.1, -0.05) is 60.2 Å². The van der Waals surface area contributed by atoms with E-state index in [4.69, 9.17) is 14.3 Å². The van der Waals surface area contributed by atoms with E-state index in [2.05, 4.69) is 0 Å². The lowest BCUT2D eigenvalue weighted by Gasteiger charge is -2.22. The molecule has 0 spiro atoms. The number of rotatable bonds is 10. The van der Waals surface area contributed by atoms with Crippen molar-refractivity contribution in [3.63, 3.8) is 0 Å². The Labute approximate surface area is 210 Å². The number of Topliss-reactive ketones (excluding diaryl/α,β-unsaturated/α-hetero) is 1. The summed E-state index contributed by atoms with van der Waals surface area (Å²) in [5.41, 5.74) is 3.76. The van der Waals surface area contributed by atoms with Crippen molar-refractivity contribution in [1.82, 2.24) is 4.90 Å². The molecule has 0 bridgehead atoms. The molecule has 4 rings (SSSR count). The molecule has 188 valence electrons. The normalized spacial score (nSPS) is 16.1. The Bertz CT molecular complexity index is 1230. The number of imide groups is 1. The van der Waals surface area contributed by atoms with Crippen molar-refractivity contribution in [2.45, 2.75) is 45.6 Å². The van der Waals surface area contributed by atoms with Crippen LogP contribution in [0.15, 0.2) is 65.1 Å². The fourth-order valence-corrected chi connectivity index (χ4v) is 4.49. The molecule has 1 aliphatic heterocycles. The molecule has 2 unspecified atom stereocenters. The first-order valence-corrected chi connectivity index (χ1v) is 12.3. The molecule has 3 aromatic rings. The molecule has 2 aromatic carbocycles. The molecule has 1 saturated heterocycles. The molecular formula is C29H31NO6. The zero-order valence-corrected chi connectivity index (χ0v) is 20.6. The van der Waals surface area contributed by atoms with Crippen LogP contribution < -0.4 is 0 Å². The Morgan fingerprint density at radius 2 is 1.86 bits per heavy atom. The monoisotopic (exact) mass is 489 g/mol. The van der Waals surface area contributed by atoms with Gasteiger partial charge in [-0.2, -0.15) is 0 Å². The maximum Gasteiger partial charge on any atom is 0.417 e. The van der Waals surface area contributed by atoms with Gasteiger partial charge in [-0.3, -0.25) is 9.59 Å². The van der Waals surface area contributed by atoms with Crippen LogP contribution in [0.3, 0.4) is 0 Å². The van der Waals surface area contributed by atoms with E-state index in [-0.39, 0.29) is 19.0 Å². The fourth-order valence-electron chi connectivity index (χ4n) is 4.49. The largest absolute Gasteiger partial charge is 0.457 e. The second-order valence-corrected chi connectivity index (χ2v) is 9.21. The molecule has 1 aliphatic rings. The van der Waals surface area contributed by atoms with Crippen molar-refractivity contribution >= 4 is 17.8 Å². The Balaban J connectivity index is 1.56. The summed E-state index contributed by atoms with van der Waals surface area (Å²) in [5.74, 6) is -1.48. The maximum atomic E-state index is 13.4. The van der Waals surface area contributed by atoms with Gasteiger partial charge in [0, 0.05) is 18.6 Å². The first kappa shape index (κ1) is 25.4. The van der Waals surface area contributed by atoms with E-state index in [0.29, 0.717) is 31.4 Å². The first-order chi connectivity index (χ1) is 17.4. The van der Waals surface area contributed by atoms with Crippen molar-refractivity contribution in [3.05, 3.63) is 83.3 Å². The molecule has 1 fully saturated rings. The minimum absolute atomic E-state index is 0.0773. The Morgan fingerprint density at radius 3 is 2.58 bits per heavy atom. The summed E-state index contributed by atoms with van der Waals surface area (Å²) >= 11 is 0. The van der Waals surface area contributed by atoms with Crippen LogP contribution in [0.5, 0.6) is 0 Å². The quantitative estimate of drug-likeness (QED) is 0.245. The third-order valence-electron chi connectivity index (χ3n) is 6.47. The molecule has 0 saturated carbocycles. The Hall–Kier alpha value is -3.71. The minimum Gasteiger partial charge on any atom is -0.457 e. The van der Waals surface area contributed by atoms with Gasteiger partial charge >= 0.3 is 6.09 Å². The lowest BCUT2D eigenvalue weighted by molar-refractivity contribution is -0.131. The van der Waals surface area contributed by atoms with Crippen LogP contribution in [0.4, 0.5) is 4.79 Å². The molecule has 0 aliphatic carbocycles. The highest BCUT2D eigenvalue weighted by Crippen LogP contribution is 2.31. The predicted octanol–water partition coefficient (Wildman–Crippen LogP) is 4.98. The smallest absolute Gasteiger partial charge is 0.417 e. The van der Waals surface area contributed by atoms with Gasteiger partial charge in [-0.15, -0.1) is 0 Å². The molecule has 1 N–H and O–H groups in total. The van der Waals surface area contributed by atoms with Crippen molar-refractivity contribution < 1.29 is 28.6 Å². The first-order valence-electron chi connectivity index (χ1n) is 12.3. The summed E-state index contributed by atoms with van der Waals surface area (Å²) in [6.45, 7) is 3.65. The highest BCUT2D eigenvalue weighted by Gasteiger charge is 2.42. The summed E-state index contributed by atoms with van der Waals surface area (Å²) in [6, 6.07) is 18.6. The number of nitrogens with zero attached hydrogens (tertiary/aromatic N) is 1. The van der Waals surface area contributed by atoms with Crippen LogP contribution in [-0.4, -0.2) is 47.0 Å². The number of ether oxygens (including phenoxy) is 1. The fraction of sp³-hybridized carbons (Fsp3) is 0.345. The van der Waals surface area contributed by atoms with Crippen molar-refractivity contribution in [2.24, 2.45) is 5.92 Å². The second kappa shape index (κ2) is 11.4. The second-order valence-electron chi connectivity index (χ2n) is 9.21. The summed E-state index contributed by atoms with van der Waals surface area (Å²) in [7, 11) is 0. The SMILES string of the molecule is Cc1cccc(-c2cc(C(=O)C(C)C(=O)N3C(=O)OCC3Cc3ccccc3)oc2CCCCO)c1. The van der Waals surface area contributed by atoms with Crippen LogP contribution in [-0.2, 0) is 22.4 Å². The number of carbonyl (C=O) groups excluding carboxylic acids is 3. The minimum atomic E-state index is -1.12. The topological polar surface area (TPSA) is 97.1 Å². The third kappa shape index (κ3) is 5.57. The van der Waals surface area contributed by atoms with Gasteiger partial charge in [0.05, 0.1) is 6.04 Å². The maximum absolute atomic E-state index is 13.4. The highest BCUT2D eigenvalue weighted by molar-refractivity contribution is 6.12. The van der Waals surface area contributed by atoms with E-state index in [9.17, 15) is 14.4 Å². The number of amides is 2. The number of carbonyl (C=O) groups is 3. The number of furan rings is 1. The van der Waals surface area contributed by atoms with Crippen LogP contribution in [0.2, 0.25) is 0 Å². The number of aliphatic hydroxyl groups excluding tert-OH is 1. The zero-order valence-electron chi connectivity index (χ0n) is 20.6. The standard InChI is InChI=1S/C29H31NO6/c1-19-9-8-12-22(15-19)24-17-26(36-25(24)13-6-7-14-31)27(32)20(2)28(33)30-23(18-35-29(30)34)16-21-10-4-3-5-11-21/h3-5,8-12,15,17,20,23,31H,6-7,13-14,16,18H2,1-2H3. The van der Waals surface area contributed by atoms with Gasteiger partial charge in [0.25, 0.3) is 0 Å². The van der Waals surface area contributed by atoms with E-state index >= 15 is 0 Å². The number of cyclic esters (lactones) is 1. The van der Waals surface area contributed by atoms with Crippen LogP contribution in [0, 0.1) is 12.8 Å². The summed E-state index contributed by atoms with van der Waals surface area (Å²) in [5, 5.41) is 9.17. The third-order valence-corrected chi connectivity index (χ3v) is 6.47. The average Bonchev–Trinajstić information content (AvgIpc) is 3.47. The lowest BCUT2D eigenvalue weighted by atomic mass is 9.98. The molecule has 2 atom stereocenters.